The van der Waals surface area contributed by atoms with E-state index in [0.29, 0.717) is 39.2 Å². The lowest BCUT2D eigenvalue weighted by Crippen LogP contribution is -2.15. The number of hydrogen-bond acceptors (Lipinski definition) is 4. The number of carbonyl (C=O) groups excluding carboxylic acids is 1. The van der Waals surface area contributed by atoms with Crippen LogP contribution in [0.2, 0.25) is 0 Å². The van der Waals surface area contributed by atoms with E-state index in [0.717, 1.165) is 24.3 Å². The third-order valence-corrected chi connectivity index (χ3v) is 2.92. The minimum absolute atomic E-state index is 0.0123. The molecule has 3 N–H and O–H groups in total. The predicted molar refractivity (Wildman–Crippen MR) is 84.1 cm³/mol. The molecule has 21 heavy (non-hydrogen) atoms. The lowest BCUT2D eigenvalue weighted by Gasteiger charge is -2.09. The van der Waals surface area contributed by atoms with Crippen LogP contribution in [0.5, 0.6) is 0 Å². The Morgan fingerprint density at radius 3 is 2.57 bits per heavy atom. The summed E-state index contributed by atoms with van der Waals surface area (Å²) >= 11 is 0. The molecule has 118 valence electrons. The summed E-state index contributed by atoms with van der Waals surface area (Å²) in [4.78, 5) is 11.8. The van der Waals surface area contributed by atoms with Crippen LogP contribution in [0, 0.1) is 0 Å². The van der Waals surface area contributed by atoms with Crippen molar-refractivity contribution >= 4 is 11.6 Å². The van der Waals surface area contributed by atoms with E-state index in [9.17, 15) is 4.79 Å². The van der Waals surface area contributed by atoms with Crippen molar-refractivity contribution in [2.24, 2.45) is 5.73 Å². The van der Waals surface area contributed by atoms with E-state index in [2.05, 4.69) is 12.2 Å². The molecule has 0 aliphatic carbocycles. The van der Waals surface area contributed by atoms with Crippen LogP contribution in [0.1, 0.15) is 31.7 Å². The lowest BCUT2D eigenvalue weighted by atomic mass is 10.1. The SMILES string of the molecule is CCCOCCOCCCC(=O)Nc1ccccc1CN. The van der Waals surface area contributed by atoms with Crippen molar-refractivity contribution < 1.29 is 14.3 Å². The number of benzene rings is 1. The zero-order chi connectivity index (χ0) is 15.3. The van der Waals surface area contributed by atoms with Gasteiger partial charge in [0.25, 0.3) is 0 Å². The van der Waals surface area contributed by atoms with E-state index in [4.69, 9.17) is 15.2 Å². The molecule has 1 amide bonds. The first-order valence-corrected chi connectivity index (χ1v) is 7.51. The van der Waals surface area contributed by atoms with E-state index in [-0.39, 0.29) is 5.91 Å². The second kappa shape index (κ2) is 11.3. The molecule has 5 heteroatoms. The Kier molecular flexibility index (Phi) is 9.44. The molecular formula is C16H26N2O3. The summed E-state index contributed by atoms with van der Waals surface area (Å²) in [7, 11) is 0. The number of hydrogen-bond donors (Lipinski definition) is 2. The van der Waals surface area contributed by atoms with Gasteiger partial charge in [-0.1, -0.05) is 25.1 Å². The van der Waals surface area contributed by atoms with E-state index in [1.807, 2.05) is 24.3 Å². The topological polar surface area (TPSA) is 73.6 Å². The van der Waals surface area contributed by atoms with E-state index in [1.54, 1.807) is 0 Å². The average Bonchev–Trinajstić information content (AvgIpc) is 2.50. The fourth-order valence-electron chi connectivity index (χ4n) is 1.83. The fourth-order valence-corrected chi connectivity index (χ4v) is 1.83. The third kappa shape index (κ3) is 7.80. The Labute approximate surface area is 126 Å². The molecular weight excluding hydrogens is 268 g/mol. The highest BCUT2D eigenvalue weighted by Gasteiger charge is 2.05. The maximum atomic E-state index is 11.8. The average molecular weight is 294 g/mol. The van der Waals surface area contributed by atoms with Crippen molar-refractivity contribution in [3.8, 4) is 0 Å². The van der Waals surface area contributed by atoms with Crippen LogP contribution >= 0.6 is 0 Å². The molecule has 0 radical (unpaired) electrons. The Morgan fingerprint density at radius 2 is 1.86 bits per heavy atom. The summed E-state index contributed by atoms with van der Waals surface area (Å²) in [6.45, 7) is 5.02. The fraction of sp³-hybridized carbons (Fsp3) is 0.562. The van der Waals surface area contributed by atoms with Crippen LogP contribution in [0.3, 0.4) is 0 Å². The van der Waals surface area contributed by atoms with Crippen molar-refractivity contribution in [1.29, 1.82) is 0 Å². The molecule has 0 fully saturated rings. The number of amides is 1. The van der Waals surface area contributed by atoms with Gasteiger partial charge in [0.15, 0.2) is 0 Å². The number of nitrogens with one attached hydrogen (secondary N) is 1. The summed E-state index contributed by atoms with van der Waals surface area (Å²) in [5.41, 5.74) is 7.36. The second-order valence-corrected chi connectivity index (χ2v) is 4.74. The normalized spacial score (nSPS) is 10.6. The van der Waals surface area contributed by atoms with Crippen molar-refractivity contribution in [2.75, 3.05) is 31.7 Å². The first kappa shape index (κ1) is 17.6. The molecule has 0 bridgehead atoms. The van der Waals surface area contributed by atoms with E-state index < -0.39 is 0 Å². The van der Waals surface area contributed by atoms with Gasteiger partial charge in [0.2, 0.25) is 5.91 Å². The molecule has 0 saturated heterocycles. The smallest absolute Gasteiger partial charge is 0.224 e. The van der Waals surface area contributed by atoms with Gasteiger partial charge in [-0.3, -0.25) is 4.79 Å². The van der Waals surface area contributed by atoms with Gasteiger partial charge in [-0.05, 0) is 24.5 Å². The van der Waals surface area contributed by atoms with Gasteiger partial charge in [-0.15, -0.1) is 0 Å². The van der Waals surface area contributed by atoms with Gasteiger partial charge >= 0.3 is 0 Å². The van der Waals surface area contributed by atoms with Crippen LogP contribution in [0.15, 0.2) is 24.3 Å². The van der Waals surface area contributed by atoms with Gasteiger partial charge in [-0.2, -0.15) is 0 Å². The highest BCUT2D eigenvalue weighted by Crippen LogP contribution is 2.14. The van der Waals surface area contributed by atoms with E-state index in [1.165, 1.54) is 0 Å². The molecule has 0 aromatic heterocycles. The minimum atomic E-state index is -0.0123. The van der Waals surface area contributed by atoms with Crippen LogP contribution in [-0.2, 0) is 20.8 Å². The molecule has 0 unspecified atom stereocenters. The molecule has 1 rings (SSSR count). The summed E-state index contributed by atoms with van der Waals surface area (Å²) in [5.74, 6) is -0.0123. The zero-order valence-corrected chi connectivity index (χ0v) is 12.8. The number of carbonyl (C=O) groups is 1. The predicted octanol–water partition coefficient (Wildman–Crippen LogP) is 2.31. The molecule has 0 saturated carbocycles. The first-order valence-electron chi connectivity index (χ1n) is 7.51. The van der Waals surface area contributed by atoms with Gasteiger partial charge in [0, 0.05) is 31.9 Å². The minimum Gasteiger partial charge on any atom is -0.379 e. The van der Waals surface area contributed by atoms with Gasteiger partial charge < -0.3 is 20.5 Å². The first-order chi connectivity index (χ1) is 10.3. The summed E-state index contributed by atoms with van der Waals surface area (Å²) in [6, 6.07) is 7.57. The van der Waals surface area contributed by atoms with Gasteiger partial charge in [0.1, 0.15) is 0 Å². The maximum absolute atomic E-state index is 11.8. The number of rotatable bonds is 11. The molecule has 0 aliphatic rings. The van der Waals surface area contributed by atoms with Crippen molar-refractivity contribution in [3.05, 3.63) is 29.8 Å². The Hall–Kier alpha value is -1.43. The Bertz CT molecular complexity index is 410. The largest absolute Gasteiger partial charge is 0.379 e. The van der Waals surface area contributed by atoms with Crippen LogP contribution in [-0.4, -0.2) is 32.3 Å². The monoisotopic (exact) mass is 294 g/mol. The van der Waals surface area contributed by atoms with Crippen LogP contribution in [0.4, 0.5) is 5.69 Å². The Morgan fingerprint density at radius 1 is 1.14 bits per heavy atom. The van der Waals surface area contributed by atoms with Crippen LogP contribution in [0.25, 0.3) is 0 Å². The van der Waals surface area contributed by atoms with Gasteiger partial charge in [-0.25, -0.2) is 0 Å². The van der Waals surface area contributed by atoms with Crippen molar-refractivity contribution in [3.63, 3.8) is 0 Å². The summed E-state index contributed by atoms with van der Waals surface area (Å²) < 4.78 is 10.7. The quantitative estimate of drug-likeness (QED) is 0.614. The molecule has 0 atom stereocenters. The van der Waals surface area contributed by atoms with Crippen molar-refractivity contribution in [2.45, 2.75) is 32.7 Å². The highest BCUT2D eigenvalue weighted by atomic mass is 16.5. The third-order valence-electron chi connectivity index (χ3n) is 2.92. The maximum Gasteiger partial charge on any atom is 0.224 e. The van der Waals surface area contributed by atoms with E-state index >= 15 is 0 Å². The number of ether oxygens (including phenoxy) is 2. The van der Waals surface area contributed by atoms with Crippen LogP contribution < -0.4 is 11.1 Å². The second-order valence-electron chi connectivity index (χ2n) is 4.74. The van der Waals surface area contributed by atoms with Crippen molar-refractivity contribution in [1.82, 2.24) is 0 Å². The van der Waals surface area contributed by atoms with Gasteiger partial charge in [0.05, 0.1) is 13.2 Å². The zero-order valence-electron chi connectivity index (χ0n) is 12.8. The summed E-state index contributed by atoms with van der Waals surface area (Å²) in [5, 5.41) is 2.88. The molecule has 1 aromatic rings. The number of para-hydroxylation sites is 1. The summed E-state index contributed by atoms with van der Waals surface area (Å²) in [6.07, 6.45) is 2.16. The molecule has 0 heterocycles. The number of anilines is 1. The lowest BCUT2D eigenvalue weighted by molar-refractivity contribution is -0.116. The number of nitrogens with two attached hydrogens (primary N) is 1. The molecule has 1 aromatic carbocycles. The highest BCUT2D eigenvalue weighted by molar-refractivity contribution is 5.91. The molecule has 0 aliphatic heterocycles. The molecule has 0 spiro atoms. The Balaban J connectivity index is 2.11. The molecule has 5 nitrogen and oxygen atoms in total. The standard InChI is InChI=1S/C16H26N2O3/c1-2-9-20-11-12-21-10-5-8-16(19)18-15-7-4-3-6-14(15)13-17/h3-4,6-7H,2,5,8-13,17H2,1H3,(H,18,19).